The first kappa shape index (κ1) is 21.3. The Labute approximate surface area is 200 Å². The zero-order chi connectivity index (χ0) is 23.4. The van der Waals surface area contributed by atoms with Crippen LogP contribution in [0.5, 0.6) is 0 Å². The number of halogens is 2. The summed E-state index contributed by atoms with van der Waals surface area (Å²) in [7, 11) is 1.38. The molecule has 3 heterocycles. The number of rotatable bonds is 4. The highest BCUT2D eigenvalue weighted by atomic mass is 35.5. The minimum absolute atomic E-state index is 0.0130. The number of hydrogen-bond acceptors (Lipinski definition) is 6. The number of ether oxygens (including phenoxy) is 2. The molecule has 6 rings (SSSR count). The number of benzene rings is 2. The van der Waals surface area contributed by atoms with E-state index in [0.29, 0.717) is 35.2 Å². The van der Waals surface area contributed by atoms with Crippen LogP contribution in [0, 0.1) is 5.82 Å². The predicted octanol–water partition coefficient (Wildman–Crippen LogP) is 4.87. The first-order valence-corrected chi connectivity index (χ1v) is 11.6. The summed E-state index contributed by atoms with van der Waals surface area (Å²) in [6.07, 6.45) is 3.66. The van der Waals surface area contributed by atoms with Gasteiger partial charge in [0.1, 0.15) is 22.2 Å². The van der Waals surface area contributed by atoms with Gasteiger partial charge in [0.2, 0.25) is 0 Å². The normalized spacial score (nSPS) is 16.4. The molecule has 34 heavy (non-hydrogen) atoms. The number of carbonyl (C=O) groups excluding carboxylic acids is 1. The van der Waals surface area contributed by atoms with Gasteiger partial charge in [-0.15, -0.1) is 0 Å². The lowest BCUT2D eigenvalue weighted by molar-refractivity contribution is 0.0603. The van der Waals surface area contributed by atoms with E-state index in [1.165, 1.54) is 13.2 Å². The van der Waals surface area contributed by atoms with Gasteiger partial charge < -0.3 is 14.4 Å². The van der Waals surface area contributed by atoms with Crippen LogP contribution in [0.4, 0.5) is 10.1 Å². The van der Waals surface area contributed by atoms with E-state index >= 15 is 0 Å². The first-order valence-electron chi connectivity index (χ1n) is 11.3. The molecular weight excluding hydrogens is 459 g/mol. The average molecular weight is 481 g/mol. The second-order valence-electron chi connectivity index (χ2n) is 8.62. The van der Waals surface area contributed by atoms with Gasteiger partial charge in [0.25, 0.3) is 0 Å². The predicted molar refractivity (Wildman–Crippen MR) is 128 cm³/mol. The molecule has 0 amide bonds. The molecule has 9 heteroatoms. The molecule has 0 unspecified atom stereocenters. The monoisotopic (exact) mass is 480 g/mol. The van der Waals surface area contributed by atoms with Gasteiger partial charge in [0.05, 0.1) is 42.6 Å². The Kier molecular flexibility index (Phi) is 5.15. The highest BCUT2D eigenvalue weighted by Gasteiger charge is 2.32. The van der Waals surface area contributed by atoms with E-state index in [-0.39, 0.29) is 10.9 Å². The van der Waals surface area contributed by atoms with Crippen molar-refractivity contribution in [1.82, 2.24) is 14.5 Å². The van der Waals surface area contributed by atoms with Crippen LogP contribution in [-0.2, 0) is 9.47 Å². The van der Waals surface area contributed by atoms with E-state index in [9.17, 15) is 9.18 Å². The number of fused-ring (bicyclic) bond motifs is 2. The Hall–Kier alpha value is -3.23. The number of pyridine rings is 1. The van der Waals surface area contributed by atoms with Crippen molar-refractivity contribution < 1.29 is 18.7 Å². The Morgan fingerprint density at radius 3 is 2.71 bits per heavy atom. The van der Waals surface area contributed by atoms with Crippen LogP contribution in [-0.4, -0.2) is 53.9 Å². The van der Waals surface area contributed by atoms with E-state index in [1.54, 1.807) is 12.3 Å². The summed E-state index contributed by atoms with van der Waals surface area (Å²) in [4.78, 5) is 24.3. The first-order chi connectivity index (χ1) is 16.6. The molecule has 0 radical (unpaired) electrons. The van der Waals surface area contributed by atoms with Crippen molar-refractivity contribution in [2.24, 2.45) is 0 Å². The summed E-state index contributed by atoms with van der Waals surface area (Å²) in [5.41, 5.74) is 3.89. The highest BCUT2D eigenvalue weighted by molar-refractivity contribution is 6.35. The van der Waals surface area contributed by atoms with Crippen LogP contribution in [0.15, 0.2) is 36.5 Å². The quantitative estimate of drug-likeness (QED) is 0.388. The number of nitrogens with zero attached hydrogens (tertiary/aromatic N) is 4. The third-order valence-corrected chi connectivity index (χ3v) is 6.88. The Morgan fingerprint density at radius 1 is 1.18 bits per heavy atom. The molecule has 1 aliphatic carbocycles. The lowest BCUT2D eigenvalue weighted by atomic mass is 10.1. The van der Waals surface area contributed by atoms with Crippen molar-refractivity contribution in [3.8, 4) is 5.69 Å². The molecule has 0 bridgehead atoms. The molecule has 2 aromatic heterocycles. The molecule has 174 valence electrons. The van der Waals surface area contributed by atoms with E-state index < -0.39 is 11.8 Å². The topological polar surface area (TPSA) is 69.5 Å². The van der Waals surface area contributed by atoms with Crippen molar-refractivity contribution in [2.45, 2.75) is 18.8 Å². The number of aromatic nitrogens is 3. The minimum Gasteiger partial charge on any atom is -0.465 e. The molecule has 1 saturated heterocycles. The van der Waals surface area contributed by atoms with Crippen LogP contribution in [0.25, 0.3) is 27.6 Å². The summed E-state index contributed by atoms with van der Waals surface area (Å²) in [5, 5.41) is 0.701. The fourth-order valence-electron chi connectivity index (χ4n) is 4.66. The minimum atomic E-state index is -0.515. The van der Waals surface area contributed by atoms with Crippen molar-refractivity contribution in [2.75, 3.05) is 38.3 Å². The maximum atomic E-state index is 14.2. The summed E-state index contributed by atoms with van der Waals surface area (Å²) in [6, 6.07) is 8.83. The largest absolute Gasteiger partial charge is 0.465 e. The molecule has 0 spiro atoms. The smallest absolute Gasteiger partial charge is 0.340 e. The van der Waals surface area contributed by atoms with Crippen LogP contribution >= 0.6 is 11.6 Å². The number of hydrogen-bond donors (Lipinski definition) is 0. The van der Waals surface area contributed by atoms with Gasteiger partial charge in [-0.05, 0) is 43.2 Å². The molecule has 1 aliphatic heterocycles. The Morgan fingerprint density at radius 2 is 1.97 bits per heavy atom. The maximum absolute atomic E-state index is 14.2. The van der Waals surface area contributed by atoms with E-state index in [2.05, 4.69) is 20.5 Å². The molecule has 7 nitrogen and oxygen atoms in total. The van der Waals surface area contributed by atoms with Crippen molar-refractivity contribution in [1.29, 1.82) is 0 Å². The van der Waals surface area contributed by atoms with E-state index in [4.69, 9.17) is 26.1 Å². The molecule has 2 fully saturated rings. The van der Waals surface area contributed by atoms with Gasteiger partial charge in [0.15, 0.2) is 0 Å². The highest BCUT2D eigenvalue weighted by Crippen LogP contribution is 2.44. The molecule has 0 N–H and O–H groups in total. The summed E-state index contributed by atoms with van der Waals surface area (Å²) >= 11 is 6.26. The van der Waals surface area contributed by atoms with Gasteiger partial charge >= 0.3 is 5.97 Å². The number of anilines is 1. The van der Waals surface area contributed by atoms with E-state index in [0.717, 1.165) is 48.6 Å². The molecule has 1 saturated carbocycles. The van der Waals surface area contributed by atoms with E-state index in [1.807, 2.05) is 12.1 Å². The maximum Gasteiger partial charge on any atom is 0.340 e. The van der Waals surface area contributed by atoms with Gasteiger partial charge in [-0.1, -0.05) is 11.6 Å². The lowest BCUT2D eigenvalue weighted by Crippen LogP contribution is -2.36. The van der Waals surface area contributed by atoms with Gasteiger partial charge in [0, 0.05) is 36.3 Å². The SMILES string of the molecule is COC(=O)c1cc(N2CCOCC2)cc2c1nc(C1CC1)n2-c1ccnc2c(Cl)c(F)ccc12. The van der Waals surface area contributed by atoms with Crippen molar-refractivity contribution in [3.05, 3.63) is 58.8 Å². The standard InChI is InChI=1S/C25H22ClFN4O3/c1-33-25(32)17-12-15(30-8-10-34-11-9-30)13-20-22(17)29-24(14-2-3-14)31(20)19-6-7-28-23-16(19)4-5-18(27)21(23)26/h4-7,12-14H,2-3,8-11H2,1H3. The van der Waals surface area contributed by atoms with Crippen LogP contribution < -0.4 is 4.90 Å². The third-order valence-electron chi connectivity index (χ3n) is 6.52. The van der Waals surface area contributed by atoms with Crippen LogP contribution in [0.2, 0.25) is 5.02 Å². The fraction of sp³-hybridized carbons (Fsp3) is 0.320. The molecule has 0 atom stereocenters. The summed E-state index contributed by atoms with van der Waals surface area (Å²) < 4.78 is 26.9. The summed E-state index contributed by atoms with van der Waals surface area (Å²) in [5.74, 6) is 0.201. The van der Waals surface area contributed by atoms with Crippen molar-refractivity contribution >= 4 is 45.2 Å². The van der Waals surface area contributed by atoms with Crippen LogP contribution in [0.1, 0.15) is 34.9 Å². The van der Waals surface area contributed by atoms with Gasteiger partial charge in [-0.3, -0.25) is 9.55 Å². The fourth-order valence-corrected chi connectivity index (χ4v) is 4.87. The molecule has 2 aliphatic rings. The third kappa shape index (κ3) is 3.40. The number of methoxy groups -OCH3 is 1. The van der Waals surface area contributed by atoms with Gasteiger partial charge in [-0.25, -0.2) is 14.2 Å². The number of carbonyl (C=O) groups is 1. The lowest BCUT2D eigenvalue weighted by Gasteiger charge is -2.29. The Balaban J connectivity index is 1.67. The second-order valence-corrected chi connectivity index (χ2v) is 9.00. The number of morpholine rings is 1. The molecule has 4 aromatic rings. The zero-order valence-corrected chi connectivity index (χ0v) is 19.3. The second kappa shape index (κ2) is 8.21. The zero-order valence-electron chi connectivity index (χ0n) is 18.6. The molecule has 2 aromatic carbocycles. The number of imidazole rings is 1. The summed E-state index contributed by atoms with van der Waals surface area (Å²) in [6.45, 7) is 2.69. The Bertz CT molecular complexity index is 1440. The average Bonchev–Trinajstić information content (AvgIpc) is 3.65. The number of esters is 1. The van der Waals surface area contributed by atoms with Crippen LogP contribution in [0.3, 0.4) is 0 Å². The molecular formula is C25H22ClFN4O3. The van der Waals surface area contributed by atoms with Crippen molar-refractivity contribution in [3.63, 3.8) is 0 Å². The van der Waals surface area contributed by atoms with Gasteiger partial charge in [-0.2, -0.15) is 0 Å².